The molecule has 0 fully saturated rings. The molecule has 0 saturated carbocycles. The number of rotatable bonds is 4. The van der Waals surface area contributed by atoms with Crippen LogP contribution in [0.4, 0.5) is 17.1 Å². The van der Waals surface area contributed by atoms with Crippen LogP contribution in [-0.4, -0.2) is 29.1 Å². The van der Waals surface area contributed by atoms with Crippen molar-refractivity contribution in [2.24, 2.45) is 0 Å². The summed E-state index contributed by atoms with van der Waals surface area (Å²) in [5.41, 5.74) is 0.642. The van der Waals surface area contributed by atoms with Gasteiger partial charge in [0, 0.05) is 22.3 Å². The number of nitro benzene ring substituents is 1. The zero-order valence-electron chi connectivity index (χ0n) is 12.6. The van der Waals surface area contributed by atoms with Gasteiger partial charge in [-0.05, 0) is 24.3 Å². The molecule has 2 amide bonds. The zero-order valence-corrected chi connectivity index (χ0v) is 14.1. The minimum absolute atomic E-state index is 0.166. The number of Topliss-reactive ketones (excluding diaryl/α,β-unsaturated/α-hetero) is 1. The molecule has 0 bridgehead atoms. The molecule has 0 saturated heterocycles. The van der Waals surface area contributed by atoms with Crippen LogP contribution in [0, 0.1) is 10.1 Å². The number of hydrogen-bond donors (Lipinski definition) is 1. The number of fused-ring (bicyclic) bond motifs is 1. The van der Waals surface area contributed by atoms with Crippen LogP contribution in [-0.2, 0) is 9.59 Å². The van der Waals surface area contributed by atoms with Crippen LogP contribution in [0.15, 0.2) is 46.9 Å². The molecule has 3 rings (SSSR count). The number of anilines is 2. The summed E-state index contributed by atoms with van der Waals surface area (Å²) >= 11 is 3.23. The Morgan fingerprint density at radius 3 is 2.68 bits per heavy atom. The van der Waals surface area contributed by atoms with Crippen molar-refractivity contribution in [3.8, 4) is 0 Å². The van der Waals surface area contributed by atoms with Crippen molar-refractivity contribution in [1.82, 2.24) is 0 Å². The molecule has 0 atom stereocenters. The second-order valence-electron chi connectivity index (χ2n) is 5.24. The van der Waals surface area contributed by atoms with Gasteiger partial charge in [0.25, 0.3) is 17.4 Å². The molecule has 2 aromatic rings. The summed E-state index contributed by atoms with van der Waals surface area (Å²) in [6.07, 6.45) is 0. The van der Waals surface area contributed by atoms with Crippen molar-refractivity contribution < 1.29 is 19.3 Å². The van der Waals surface area contributed by atoms with Gasteiger partial charge >= 0.3 is 0 Å². The summed E-state index contributed by atoms with van der Waals surface area (Å²) in [4.78, 5) is 47.5. The van der Waals surface area contributed by atoms with E-state index in [2.05, 4.69) is 21.2 Å². The molecule has 1 aliphatic heterocycles. The Hall–Kier alpha value is -3.07. The van der Waals surface area contributed by atoms with Gasteiger partial charge in [-0.1, -0.05) is 22.0 Å². The fourth-order valence-corrected chi connectivity index (χ4v) is 2.83. The van der Waals surface area contributed by atoms with Gasteiger partial charge in [0.2, 0.25) is 5.91 Å². The lowest BCUT2D eigenvalue weighted by Crippen LogP contribution is -2.37. The summed E-state index contributed by atoms with van der Waals surface area (Å²) in [6, 6.07) is 10.2. The molecule has 0 spiro atoms. The van der Waals surface area contributed by atoms with Crippen LogP contribution in [0.1, 0.15) is 10.4 Å². The second kappa shape index (κ2) is 6.44. The minimum Gasteiger partial charge on any atom is -0.324 e. The van der Waals surface area contributed by atoms with E-state index in [1.165, 1.54) is 30.3 Å². The normalized spacial score (nSPS) is 12.9. The molecule has 126 valence electrons. The number of hydrogen-bond acceptors (Lipinski definition) is 5. The lowest BCUT2D eigenvalue weighted by molar-refractivity contribution is -0.384. The second-order valence-corrected chi connectivity index (χ2v) is 6.15. The first kappa shape index (κ1) is 16.8. The third-order valence-electron chi connectivity index (χ3n) is 3.58. The smallest absolute Gasteiger partial charge is 0.299 e. The number of carbonyl (C=O) groups is 3. The fourth-order valence-electron chi connectivity index (χ4n) is 2.47. The average Bonchev–Trinajstić information content (AvgIpc) is 2.79. The highest BCUT2D eigenvalue weighted by Crippen LogP contribution is 2.31. The molecular weight excluding hydrogens is 394 g/mol. The lowest BCUT2D eigenvalue weighted by atomic mass is 10.1. The third-order valence-corrected chi connectivity index (χ3v) is 4.07. The van der Waals surface area contributed by atoms with Gasteiger partial charge in [-0.15, -0.1) is 0 Å². The molecule has 0 aromatic heterocycles. The molecule has 1 aliphatic rings. The van der Waals surface area contributed by atoms with Gasteiger partial charge in [0.05, 0.1) is 16.2 Å². The first-order valence-electron chi connectivity index (χ1n) is 7.07. The van der Waals surface area contributed by atoms with Crippen LogP contribution in [0.25, 0.3) is 0 Å². The molecule has 0 radical (unpaired) electrons. The molecular formula is C16H10BrN3O5. The number of ketones is 1. The van der Waals surface area contributed by atoms with E-state index in [9.17, 15) is 24.5 Å². The SMILES string of the molecule is O=C(CN1C(=O)C(=O)c2cc(Br)ccc21)Nc1cccc([N+](=O)[O-])c1. The lowest BCUT2D eigenvalue weighted by Gasteiger charge is -2.16. The number of nitrogens with zero attached hydrogens (tertiary/aromatic N) is 2. The molecule has 2 aromatic carbocycles. The van der Waals surface area contributed by atoms with Crippen LogP contribution >= 0.6 is 15.9 Å². The van der Waals surface area contributed by atoms with Gasteiger partial charge in [-0.2, -0.15) is 0 Å². The predicted molar refractivity (Wildman–Crippen MR) is 92.6 cm³/mol. The minimum atomic E-state index is -0.790. The first-order valence-corrected chi connectivity index (χ1v) is 7.86. The fraction of sp³-hybridized carbons (Fsp3) is 0.0625. The Bertz CT molecular complexity index is 928. The molecule has 0 unspecified atom stereocenters. The number of carbonyl (C=O) groups excluding carboxylic acids is 3. The van der Waals surface area contributed by atoms with Crippen LogP contribution < -0.4 is 10.2 Å². The van der Waals surface area contributed by atoms with E-state index in [0.29, 0.717) is 10.2 Å². The van der Waals surface area contributed by atoms with E-state index in [0.717, 1.165) is 4.90 Å². The first-order chi connectivity index (χ1) is 11.9. The summed E-state index contributed by atoms with van der Waals surface area (Å²) in [5, 5.41) is 13.2. The van der Waals surface area contributed by atoms with Gasteiger partial charge in [0.1, 0.15) is 6.54 Å². The largest absolute Gasteiger partial charge is 0.324 e. The van der Waals surface area contributed by atoms with Crippen molar-refractivity contribution in [1.29, 1.82) is 0 Å². The zero-order chi connectivity index (χ0) is 18.1. The maximum Gasteiger partial charge on any atom is 0.299 e. The highest BCUT2D eigenvalue weighted by molar-refractivity contribution is 9.10. The molecule has 0 aliphatic carbocycles. The standard InChI is InChI=1S/C16H10BrN3O5/c17-9-4-5-13-12(6-9)15(22)16(23)19(13)8-14(21)18-10-2-1-3-11(7-10)20(24)25/h1-7H,8H2,(H,18,21). The highest BCUT2D eigenvalue weighted by Gasteiger charge is 2.36. The number of nitrogens with one attached hydrogen (secondary N) is 1. The van der Waals surface area contributed by atoms with Crippen molar-refractivity contribution in [3.05, 3.63) is 62.6 Å². The third kappa shape index (κ3) is 3.26. The van der Waals surface area contributed by atoms with Gasteiger partial charge in [0.15, 0.2) is 0 Å². The maximum atomic E-state index is 12.2. The van der Waals surface area contributed by atoms with Crippen LogP contribution in [0.2, 0.25) is 0 Å². The summed E-state index contributed by atoms with van der Waals surface area (Å²) in [7, 11) is 0. The quantitative estimate of drug-likeness (QED) is 0.479. The van der Waals surface area contributed by atoms with Crippen molar-refractivity contribution in [2.45, 2.75) is 0 Å². The average molecular weight is 404 g/mol. The van der Waals surface area contributed by atoms with Crippen LogP contribution in [0.5, 0.6) is 0 Å². The monoisotopic (exact) mass is 403 g/mol. The number of amides is 2. The summed E-state index contributed by atoms with van der Waals surface area (Å²) < 4.78 is 0.648. The van der Waals surface area contributed by atoms with E-state index in [-0.39, 0.29) is 23.5 Å². The molecule has 9 heteroatoms. The van der Waals surface area contributed by atoms with Gasteiger partial charge < -0.3 is 5.32 Å². The summed E-state index contributed by atoms with van der Waals surface area (Å²) in [6.45, 7) is -0.373. The predicted octanol–water partition coefficient (Wildman–Crippen LogP) is 2.53. The van der Waals surface area contributed by atoms with Crippen molar-refractivity contribution >= 4 is 50.6 Å². The Balaban J connectivity index is 1.78. The van der Waals surface area contributed by atoms with Crippen LogP contribution in [0.3, 0.4) is 0 Å². The van der Waals surface area contributed by atoms with E-state index in [1.54, 1.807) is 12.1 Å². The van der Waals surface area contributed by atoms with Gasteiger partial charge in [-0.3, -0.25) is 29.4 Å². The topological polar surface area (TPSA) is 110 Å². The van der Waals surface area contributed by atoms with E-state index < -0.39 is 22.5 Å². The number of benzene rings is 2. The Morgan fingerprint density at radius 1 is 1.20 bits per heavy atom. The number of nitro groups is 1. The highest BCUT2D eigenvalue weighted by atomic mass is 79.9. The molecule has 1 heterocycles. The number of non-ortho nitro benzene ring substituents is 1. The molecule has 1 N–H and O–H groups in total. The van der Waals surface area contributed by atoms with Gasteiger partial charge in [-0.25, -0.2) is 0 Å². The van der Waals surface area contributed by atoms with E-state index >= 15 is 0 Å². The Labute approximate surface area is 149 Å². The summed E-state index contributed by atoms with van der Waals surface area (Å²) in [5.74, 6) is -2.04. The molecule has 25 heavy (non-hydrogen) atoms. The van der Waals surface area contributed by atoms with E-state index in [1.807, 2.05) is 0 Å². The molecule has 8 nitrogen and oxygen atoms in total. The Morgan fingerprint density at radius 2 is 1.96 bits per heavy atom. The Kier molecular flexibility index (Phi) is 4.32. The number of halogens is 1. The van der Waals surface area contributed by atoms with Crippen molar-refractivity contribution in [2.75, 3.05) is 16.8 Å². The maximum absolute atomic E-state index is 12.2. The van der Waals surface area contributed by atoms with Crippen molar-refractivity contribution in [3.63, 3.8) is 0 Å². The van der Waals surface area contributed by atoms with E-state index in [4.69, 9.17) is 0 Å².